The molecule has 0 spiro atoms. The van der Waals surface area contributed by atoms with E-state index < -0.39 is 0 Å². The van der Waals surface area contributed by atoms with Crippen molar-refractivity contribution in [3.05, 3.63) is 36.9 Å². The molecule has 5 heteroatoms. The van der Waals surface area contributed by atoms with Gasteiger partial charge in [-0.1, -0.05) is 12.2 Å². The Bertz CT molecular complexity index is 376. The largest absolute Gasteiger partial charge is 0.243 e. The second-order valence-electron chi connectivity index (χ2n) is 2.19. The highest BCUT2D eigenvalue weighted by Gasteiger charge is 1.98. The fourth-order valence-electron chi connectivity index (χ4n) is 0.968. The lowest BCUT2D eigenvalue weighted by Crippen LogP contribution is -2.08. The van der Waals surface area contributed by atoms with Crippen LogP contribution in [0.15, 0.2) is 31.1 Å². The molecule has 2 rings (SSSR count). The van der Waals surface area contributed by atoms with E-state index in [-0.39, 0.29) is 0 Å². The summed E-state index contributed by atoms with van der Waals surface area (Å²) in [6.07, 6.45) is 8.72. The number of aromatic nitrogens is 4. The smallest absolute Gasteiger partial charge is 0.162 e. The molecule has 0 aliphatic rings. The van der Waals surface area contributed by atoms with E-state index in [1.165, 1.54) is 5.37 Å². The summed E-state index contributed by atoms with van der Waals surface area (Å²) in [5, 5.41) is 1.53. The molecule has 0 radical (unpaired) electrons. The van der Waals surface area contributed by atoms with Gasteiger partial charge in [0.2, 0.25) is 0 Å². The molecule has 4 nitrogen and oxygen atoms in total. The van der Waals surface area contributed by atoms with E-state index in [2.05, 4.69) is 9.97 Å². The number of hydrogen-bond acceptors (Lipinski definition) is 3. The van der Waals surface area contributed by atoms with Crippen molar-refractivity contribution in [1.29, 1.82) is 0 Å². The molecule has 2 heterocycles. The molecule has 0 N–H and O–H groups in total. The van der Waals surface area contributed by atoms with Gasteiger partial charge in [-0.15, -0.1) is 0 Å². The zero-order valence-corrected chi connectivity index (χ0v) is 6.98. The molecule has 60 valence electrons. The molecule has 0 aliphatic heterocycles. The monoisotopic (exact) mass is 178 g/mol. The van der Waals surface area contributed by atoms with Gasteiger partial charge in [-0.25, -0.2) is 19.3 Å². The Morgan fingerprint density at radius 3 is 2.92 bits per heavy atom. The van der Waals surface area contributed by atoms with Crippen LogP contribution in [0.3, 0.4) is 0 Å². The number of hydrogen-bond donors (Lipinski definition) is 0. The summed E-state index contributed by atoms with van der Waals surface area (Å²) in [5.41, 5.74) is 0. The lowest BCUT2D eigenvalue weighted by Gasteiger charge is -2.02. The first-order valence-corrected chi connectivity index (χ1v) is 3.86. The highest BCUT2D eigenvalue weighted by atomic mass is 32.1. The van der Waals surface area contributed by atoms with Gasteiger partial charge >= 0.3 is 0 Å². The predicted octanol–water partition coefficient (Wildman–Crippen LogP) is 0.739. The van der Waals surface area contributed by atoms with Crippen LogP contribution in [0.25, 0.3) is 0 Å². The second-order valence-corrected chi connectivity index (χ2v) is 2.43. The first kappa shape index (κ1) is 7.17. The molecule has 0 unspecified atom stereocenters. The maximum atomic E-state index is 4.79. The van der Waals surface area contributed by atoms with Crippen LogP contribution in [0.1, 0.15) is 5.82 Å². The van der Waals surface area contributed by atoms with E-state index in [9.17, 15) is 0 Å². The van der Waals surface area contributed by atoms with Gasteiger partial charge in [-0.05, 0) is 0 Å². The Hall–Kier alpha value is -1.49. The van der Waals surface area contributed by atoms with Crippen molar-refractivity contribution in [2.45, 2.75) is 0 Å². The first-order valence-electron chi connectivity index (χ1n) is 3.39. The van der Waals surface area contributed by atoms with Crippen LogP contribution < -0.4 is 0 Å². The molecule has 12 heavy (non-hydrogen) atoms. The summed E-state index contributed by atoms with van der Waals surface area (Å²) in [6.45, 7) is 0. The fraction of sp³-hybridized carbons (Fsp3) is 0. The van der Waals surface area contributed by atoms with E-state index in [0.29, 0.717) is 0 Å². The molecule has 0 saturated carbocycles. The highest BCUT2D eigenvalue weighted by molar-refractivity contribution is 7.79. The van der Waals surface area contributed by atoms with E-state index >= 15 is 0 Å². The average molecular weight is 178 g/mol. The standard InChI is InChI=1S/C7H6N4S/c12-5-7-9-2-4-11(7)10-3-1-8-6-10/h1-6H. The van der Waals surface area contributed by atoms with Gasteiger partial charge in [0.15, 0.2) is 5.82 Å². The quantitative estimate of drug-likeness (QED) is 0.636. The van der Waals surface area contributed by atoms with Crippen LogP contribution in [0.4, 0.5) is 0 Å². The summed E-state index contributed by atoms with van der Waals surface area (Å²) in [4.78, 5) is 7.97. The molecule has 0 fully saturated rings. The predicted molar refractivity (Wildman–Crippen MR) is 48.0 cm³/mol. The van der Waals surface area contributed by atoms with Gasteiger partial charge < -0.3 is 0 Å². The summed E-state index contributed by atoms with van der Waals surface area (Å²) >= 11 is 4.79. The summed E-state index contributed by atoms with van der Waals surface area (Å²) in [6, 6.07) is 0. The Morgan fingerprint density at radius 1 is 1.33 bits per heavy atom. The third kappa shape index (κ3) is 1.04. The third-order valence-corrected chi connectivity index (χ3v) is 1.70. The fourth-order valence-corrected chi connectivity index (χ4v) is 1.14. The van der Waals surface area contributed by atoms with Crippen molar-refractivity contribution in [3.63, 3.8) is 0 Å². The topological polar surface area (TPSA) is 35.6 Å². The molecule has 0 amide bonds. The van der Waals surface area contributed by atoms with Gasteiger partial charge in [0, 0.05) is 30.2 Å². The Morgan fingerprint density at radius 2 is 2.25 bits per heavy atom. The molecule has 0 aromatic carbocycles. The SMILES string of the molecule is S=Cc1nccn1-n1ccnc1. The van der Waals surface area contributed by atoms with Gasteiger partial charge in [0.1, 0.15) is 6.33 Å². The van der Waals surface area contributed by atoms with Gasteiger partial charge in [0.05, 0.1) is 0 Å². The molecule has 2 aromatic rings. The number of nitrogens with zero attached hydrogens (tertiary/aromatic N) is 4. The summed E-state index contributed by atoms with van der Waals surface area (Å²) < 4.78 is 3.60. The zero-order valence-electron chi connectivity index (χ0n) is 6.16. The van der Waals surface area contributed by atoms with Crippen molar-refractivity contribution < 1.29 is 0 Å². The second kappa shape index (κ2) is 2.86. The maximum Gasteiger partial charge on any atom is 0.162 e. The van der Waals surface area contributed by atoms with Crippen LogP contribution in [-0.2, 0) is 0 Å². The summed E-state index contributed by atoms with van der Waals surface area (Å²) in [7, 11) is 0. The Labute approximate surface area is 74.5 Å². The van der Waals surface area contributed by atoms with Crippen LogP contribution in [-0.4, -0.2) is 24.7 Å². The lowest BCUT2D eigenvalue weighted by molar-refractivity contribution is 0.653. The van der Waals surface area contributed by atoms with Crippen molar-refractivity contribution in [1.82, 2.24) is 19.3 Å². The van der Waals surface area contributed by atoms with E-state index in [4.69, 9.17) is 12.2 Å². The molecule has 0 bridgehead atoms. The van der Waals surface area contributed by atoms with Crippen molar-refractivity contribution in [2.75, 3.05) is 0 Å². The Balaban J connectivity index is 2.53. The van der Waals surface area contributed by atoms with E-state index in [1.807, 2.05) is 12.4 Å². The Kier molecular flexibility index (Phi) is 1.71. The van der Waals surface area contributed by atoms with Crippen LogP contribution in [0.2, 0.25) is 0 Å². The molecular formula is C7H6N4S. The molecule has 0 atom stereocenters. The van der Waals surface area contributed by atoms with Crippen LogP contribution in [0, 0.1) is 0 Å². The average Bonchev–Trinajstić information content (AvgIpc) is 2.74. The van der Waals surface area contributed by atoms with Gasteiger partial charge in [0.25, 0.3) is 0 Å². The van der Waals surface area contributed by atoms with Crippen molar-refractivity contribution in [3.8, 4) is 0 Å². The summed E-state index contributed by atoms with van der Waals surface area (Å²) in [5.74, 6) is 0.725. The number of imidazole rings is 2. The first-order chi connectivity index (χ1) is 5.92. The van der Waals surface area contributed by atoms with Crippen molar-refractivity contribution >= 4 is 17.6 Å². The van der Waals surface area contributed by atoms with Crippen LogP contribution >= 0.6 is 12.2 Å². The van der Waals surface area contributed by atoms with Crippen LogP contribution in [0.5, 0.6) is 0 Å². The minimum atomic E-state index is 0.725. The maximum absolute atomic E-state index is 4.79. The minimum absolute atomic E-state index is 0.725. The molecule has 0 aliphatic carbocycles. The molecule has 2 aromatic heterocycles. The minimum Gasteiger partial charge on any atom is -0.243 e. The highest BCUT2D eigenvalue weighted by Crippen LogP contribution is 1.95. The number of thiocarbonyl (C=S) groups is 1. The zero-order chi connectivity index (χ0) is 8.39. The lowest BCUT2D eigenvalue weighted by atomic mass is 10.7. The normalized spacial score (nSPS) is 10.0. The van der Waals surface area contributed by atoms with Gasteiger partial charge in [-0.3, -0.25) is 0 Å². The third-order valence-electron chi connectivity index (χ3n) is 1.49. The van der Waals surface area contributed by atoms with Gasteiger partial charge in [-0.2, -0.15) is 0 Å². The van der Waals surface area contributed by atoms with E-state index in [1.54, 1.807) is 28.1 Å². The number of rotatable bonds is 2. The molecule has 0 saturated heterocycles. The molecular weight excluding hydrogens is 172 g/mol. The van der Waals surface area contributed by atoms with Crippen molar-refractivity contribution in [2.24, 2.45) is 0 Å². The van der Waals surface area contributed by atoms with E-state index in [0.717, 1.165) is 5.82 Å².